The normalized spacial score (nSPS) is 10.9. The van der Waals surface area contributed by atoms with Gasteiger partial charge in [0.2, 0.25) is 5.91 Å². The van der Waals surface area contributed by atoms with Crippen molar-refractivity contribution in [1.82, 2.24) is 0 Å². The highest BCUT2D eigenvalue weighted by atomic mass is 19.1. The van der Waals surface area contributed by atoms with E-state index in [4.69, 9.17) is 9.47 Å². The molecule has 0 aliphatic carbocycles. The minimum absolute atomic E-state index is 0.215. The molecule has 6 heteroatoms. The maximum absolute atomic E-state index is 13.1. The van der Waals surface area contributed by atoms with E-state index in [9.17, 15) is 14.0 Å². The molecule has 2 aromatic rings. The van der Waals surface area contributed by atoms with Crippen molar-refractivity contribution in [3.05, 3.63) is 59.9 Å². The number of carbonyl (C=O) groups is 2. The lowest BCUT2D eigenvalue weighted by Gasteiger charge is -2.21. The van der Waals surface area contributed by atoms with Crippen LogP contribution in [0.15, 0.2) is 48.5 Å². The van der Waals surface area contributed by atoms with E-state index in [1.54, 1.807) is 43.3 Å². The van der Waals surface area contributed by atoms with Crippen molar-refractivity contribution in [1.29, 1.82) is 0 Å². The van der Waals surface area contributed by atoms with Gasteiger partial charge in [0.15, 0.2) is 0 Å². The summed E-state index contributed by atoms with van der Waals surface area (Å²) in [6.45, 7) is 5.16. The first-order chi connectivity index (χ1) is 12.3. The van der Waals surface area contributed by atoms with E-state index >= 15 is 0 Å². The van der Waals surface area contributed by atoms with Gasteiger partial charge in [-0.1, -0.05) is 12.1 Å². The Hall–Kier alpha value is -2.89. The van der Waals surface area contributed by atoms with Crippen LogP contribution in [0.25, 0.3) is 0 Å². The van der Waals surface area contributed by atoms with Crippen molar-refractivity contribution >= 4 is 17.6 Å². The van der Waals surface area contributed by atoms with Gasteiger partial charge in [-0.05, 0) is 62.7 Å². The first-order valence-corrected chi connectivity index (χ1v) is 8.29. The number of hydrogen-bond acceptors (Lipinski definition) is 4. The molecule has 2 aromatic carbocycles. The fraction of sp³-hybridized carbons (Fsp3) is 0.300. The van der Waals surface area contributed by atoms with Gasteiger partial charge >= 0.3 is 5.97 Å². The first kappa shape index (κ1) is 19.4. The maximum Gasteiger partial charge on any atom is 0.321 e. The van der Waals surface area contributed by atoms with E-state index in [0.29, 0.717) is 11.4 Å². The van der Waals surface area contributed by atoms with Gasteiger partial charge < -0.3 is 14.8 Å². The van der Waals surface area contributed by atoms with E-state index in [1.807, 2.05) is 0 Å². The summed E-state index contributed by atoms with van der Waals surface area (Å²) in [5.41, 5.74) is -0.0354. The molecule has 2 rings (SSSR count). The van der Waals surface area contributed by atoms with E-state index in [1.165, 1.54) is 26.0 Å². The number of esters is 1. The summed E-state index contributed by atoms with van der Waals surface area (Å²) >= 11 is 0. The van der Waals surface area contributed by atoms with Gasteiger partial charge in [-0.2, -0.15) is 0 Å². The zero-order valence-electron chi connectivity index (χ0n) is 15.0. The highest BCUT2D eigenvalue weighted by Gasteiger charge is 2.37. The Bertz CT molecular complexity index is 772. The molecule has 0 spiro atoms. The highest BCUT2D eigenvalue weighted by molar-refractivity contribution is 6.08. The van der Waals surface area contributed by atoms with Crippen molar-refractivity contribution in [3.8, 4) is 5.75 Å². The second-order valence-electron chi connectivity index (χ2n) is 6.24. The quantitative estimate of drug-likeness (QED) is 0.601. The minimum atomic E-state index is -1.29. The molecule has 0 saturated carbocycles. The summed E-state index contributed by atoms with van der Waals surface area (Å²) in [6, 6.07) is 12.9. The number of halogens is 1. The lowest BCUT2D eigenvalue weighted by molar-refractivity contribution is -0.157. The number of carbonyl (C=O) groups excluding carboxylic acids is 2. The molecule has 0 bridgehead atoms. The molecule has 0 saturated heterocycles. The van der Waals surface area contributed by atoms with Crippen LogP contribution in [-0.4, -0.2) is 18.5 Å². The van der Waals surface area contributed by atoms with Gasteiger partial charge in [0.05, 0.1) is 6.61 Å². The van der Waals surface area contributed by atoms with Gasteiger partial charge in [-0.25, -0.2) is 4.39 Å². The summed E-state index contributed by atoms with van der Waals surface area (Å²) < 4.78 is 23.7. The largest absolute Gasteiger partial charge is 0.489 e. The summed E-state index contributed by atoms with van der Waals surface area (Å²) in [7, 11) is 0. The Labute approximate surface area is 152 Å². The van der Waals surface area contributed by atoms with Crippen molar-refractivity contribution in [2.75, 3.05) is 11.9 Å². The number of ether oxygens (including phenoxy) is 2. The maximum atomic E-state index is 13.1. The van der Waals surface area contributed by atoms with Crippen LogP contribution in [0.5, 0.6) is 5.75 Å². The van der Waals surface area contributed by atoms with Crippen LogP contribution in [0.3, 0.4) is 0 Å². The molecule has 0 aliphatic heterocycles. The predicted molar refractivity (Wildman–Crippen MR) is 96.2 cm³/mol. The van der Waals surface area contributed by atoms with Crippen LogP contribution >= 0.6 is 0 Å². The molecule has 1 N–H and O–H groups in total. The summed E-state index contributed by atoms with van der Waals surface area (Å²) in [6.07, 6.45) is 0. The SMILES string of the molecule is CCOC(=O)C(C)(C)C(=O)Nc1ccc(OCc2cccc(F)c2)cc1. The van der Waals surface area contributed by atoms with Crippen LogP contribution in [0.1, 0.15) is 26.3 Å². The molecule has 0 heterocycles. The number of rotatable bonds is 7. The molecular formula is C20H22FNO4. The van der Waals surface area contributed by atoms with Gasteiger partial charge in [0.1, 0.15) is 23.6 Å². The molecule has 1 amide bonds. The molecule has 0 atom stereocenters. The smallest absolute Gasteiger partial charge is 0.321 e. The lowest BCUT2D eigenvalue weighted by atomic mass is 9.92. The van der Waals surface area contributed by atoms with Crippen LogP contribution in [0.2, 0.25) is 0 Å². The Morgan fingerprint density at radius 2 is 1.81 bits per heavy atom. The average Bonchev–Trinajstić information content (AvgIpc) is 2.61. The molecule has 0 aliphatic rings. The zero-order valence-corrected chi connectivity index (χ0v) is 15.0. The van der Waals surface area contributed by atoms with Crippen molar-refractivity contribution < 1.29 is 23.5 Å². The third kappa shape index (κ3) is 5.05. The van der Waals surface area contributed by atoms with E-state index in [0.717, 1.165) is 5.56 Å². The van der Waals surface area contributed by atoms with Gasteiger partial charge in [-0.15, -0.1) is 0 Å². The number of benzene rings is 2. The van der Waals surface area contributed by atoms with Crippen LogP contribution in [-0.2, 0) is 20.9 Å². The second kappa shape index (κ2) is 8.47. The molecule has 0 radical (unpaired) electrons. The summed E-state index contributed by atoms with van der Waals surface area (Å²) in [5.74, 6) is -0.762. The minimum Gasteiger partial charge on any atom is -0.489 e. The number of hydrogen-bond donors (Lipinski definition) is 1. The van der Waals surface area contributed by atoms with Gasteiger partial charge in [0, 0.05) is 5.69 Å². The Balaban J connectivity index is 1.94. The van der Waals surface area contributed by atoms with E-state index < -0.39 is 17.3 Å². The monoisotopic (exact) mass is 359 g/mol. The van der Waals surface area contributed by atoms with E-state index in [-0.39, 0.29) is 19.0 Å². The van der Waals surface area contributed by atoms with Crippen molar-refractivity contribution in [3.63, 3.8) is 0 Å². The zero-order chi connectivity index (χ0) is 19.2. The standard InChI is InChI=1S/C20H22FNO4/c1-4-25-19(24)20(2,3)18(23)22-16-8-10-17(11-9-16)26-13-14-6-5-7-15(21)12-14/h5-12H,4,13H2,1-3H3,(H,22,23). The van der Waals surface area contributed by atoms with Gasteiger partial charge in [0.25, 0.3) is 0 Å². The van der Waals surface area contributed by atoms with Crippen molar-refractivity contribution in [2.24, 2.45) is 5.41 Å². The molecule has 138 valence electrons. The molecule has 5 nitrogen and oxygen atoms in total. The van der Waals surface area contributed by atoms with Crippen LogP contribution in [0, 0.1) is 11.2 Å². The number of amides is 1. The number of nitrogens with one attached hydrogen (secondary N) is 1. The fourth-order valence-electron chi connectivity index (χ4n) is 2.12. The number of anilines is 1. The molecule has 0 unspecified atom stereocenters. The Morgan fingerprint density at radius 3 is 2.42 bits per heavy atom. The second-order valence-corrected chi connectivity index (χ2v) is 6.24. The van der Waals surface area contributed by atoms with Gasteiger partial charge in [-0.3, -0.25) is 9.59 Å². The average molecular weight is 359 g/mol. The van der Waals surface area contributed by atoms with E-state index in [2.05, 4.69) is 5.32 Å². The topological polar surface area (TPSA) is 64.6 Å². The summed E-state index contributed by atoms with van der Waals surface area (Å²) in [5, 5.41) is 2.69. The summed E-state index contributed by atoms with van der Waals surface area (Å²) in [4.78, 5) is 24.2. The third-order valence-corrected chi connectivity index (χ3v) is 3.76. The highest BCUT2D eigenvalue weighted by Crippen LogP contribution is 2.22. The van der Waals surface area contributed by atoms with Crippen LogP contribution < -0.4 is 10.1 Å². The van der Waals surface area contributed by atoms with Crippen LogP contribution in [0.4, 0.5) is 10.1 Å². The Morgan fingerprint density at radius 1 is 1.12 bits per heavy atom. The molecule has 0 aromatic heterocycles. The third-order valence-electron chi connectivity index (χ3n) is 3.76. The first-order valence-electron chi connectivity index (χ1n) is 8.29. The molecule has 0 fully saturated rings. The lowest BCUT2D eigenvalue weighted by Crippen LogP contribution is -2.39. The predicted octanol–water partition coefficient (Wildman–Crippen LogP) is 3.93. The molecular weight excluding hydrogens is 337 g/mol. The molecule has 26 heavy (non-hydrogen) atoms. The Kier molecular flexibility index (Phi) is 6.33. The van der Waals surface area contributed by atoms with Crippen molar-refractivity contribution in [2.45, 2.75) is 27.4 Å². The fourth-order valence-corrected chi connectivity index (χ4v) is 2.12.